The lowest BCUT2D eigenvalue weighted by Gasteiger charge is -2.00. The molecule has 0 saturated heterocycles. The van der Waals surface area contributed by atoms with Gasteiger partial charge in [-0.1, -0.05) is 48.5 Å². The molecular formula is C16H13NO. The fourth-order valence-corrected chi connectivity index (χ4v) is 2.02. The zero-order valence-corrected chi connectivity index (χ0v) is 9.89. The number of rotatable bonds is 3. The summed E-state index contributed by atoms with van der Waals surface area (Å²) in [5.41, 5.74) is 2.48. The van der Waals surface area contributed by atoms with Gasteiger partial charge in [-0.2, -0.15) is 0 Å². The van der Waals surface area contributed by atoms with Crippen molar-refractivity contribution in [1.82, 2.24) is 0 Å². The molecule has 0 aliphatic rings. The summed E-state index contributed by atoms with van der Waals surface area (Å²) in [7, 11) is 0. The van der Waals surface area contributed by atoms with Gasteiger partial charge < -0.3 is 9.83 Å². The van der Waals surface area contributed by atoms with Crippen molar-refractivity contribution in [2.45, 2.75) is 6.42 Å². The van der Waals surface area contributed by atoms with E-state index >= 15 is 0 Å². The summed E-state index contributed by atoms with van der Waals surface area (Å²) >= 11 is 0. The van der Waals surface area contributed by atoms with E-state index in [0.717, 1.165) is 16.5 Å². The molecule has 3 rings (SSSR count). The molecule has 1 N–H and O–H groups in total. The second-order valence-electron chi connectivity index (χ2n) is 4.29. The molecule has 3 aromatic rings. The normalized spacial score (nSPS) is 10.7. The van der Waals surface area contributed by atoms with E-state index in [4.69, 9.17) is 9.83 Å². The first-order chi connectivity index (χ1) is 8.83. The summed E-state index contributed by atoms with van der Waals surface area (Å²) < 4.78 is 5.68. The lowest BCUT2D eigenvalue weighted by molar-refractivity contribution is 0.602. The van der Waals surface area contributed by atoms with Crippen molar-refractivity contribution in [3.8, 4) is 0 Å². The summed E-state index contributed by atoms with van der Waals surface area (Å²) in [5, 5.41) is 9.15. The van der Waals surface area contributed by atoms with Crippen LogP contribution in [0.2, 0.25) is 0 Å². The first kappa shape index (κ1) is 10.8. The summed E-state index contributed by atoms with van der Waals surface area (Å²) in [4.78, 5) is 0. The second-order valence-corrected chi connectivity index (χ2v) is 4.29. The molecule has 0 atom stereocenters. The molecule has 2 aromatic carbocycles. The van der Waals surface area contributed by atoms with E-state index in [2.05, 4.69) is 0 Å². The number of nitrogens with one attached hydrogen (secondary N) is 1. The molecule has 18 heavy (non-hydrogen) atoms. The van der Waals surface area contributed by atoms with Gasteiger partial charge in [0.1, 0.15) is 11.3 Å². The number of benzene rings is 2. The molecule has 0 bridgehead atoms. The Morgan fingerprint density at radius 3 is 2.44 bits per heavy atom. The van der Waals surface area contributed by atoms with Crippen LogP contribution in [0.5, 0.6) is 0 Å². The third-order valence-corrected chi connectivity index (χ3v) is 2.95. The van der Waals surface area contributed by atoms with Gasteiger partial charge in [0.2, 0.25) is 0 Å². The van der Waals surface area contributed by atoms with Crippen LogP contribution in [-0.2, 0) is 6.42 Å². The molecule has 0 spiro atoms. The van der Waals surface area contributed by atoms with Crippen LogP contribution < -0.4 is 0 Å². The third-order valence-electron chi connectivity index (χ3n) is 2.95. The lowest BCUT2D eigenvalue weighted by atomic mass is 10.1. The van der Waals surface area contributed by atoms with Gasteiger partial charge in [0.05, 0.1) is 5.71 Å². The van der Waals surface area contributed by atoms with E-state index in [1.165, 1.54) is 0 Å². The Hall–Kier alpha value is -2.35. The zero-order valence-electron chi connectivity index (χ0n) is 9.89. The van der Waals surface area contributed by atoms with Crippen molar-refractivity contribution >= 4 is 16.7 Å². The molecule has 0 unspecified atom stereocenters. The highest BCUT2D eigenvalue weighted by Crippen LogP contribution is 2.20. The third kappa shape index (κ3) is 2.05. The monoisotopic (exact) mass is 235 g/mol. The smallest absolute Gasteiger partial charge is 0.149 e. The lowest BCUT2D eigenvalue weighted by Crippen LogP contribution is -2.01. The second kappa shape index (κ2) is 4.49. The van der Waals surface area contributed by atoms with Crippen LogP contribution in [0.1, 0.15) is 11.3 Å². The van der Waals surface area contributed by atoms with E-state index in [1.54, 1.807) is 0 Å². The van der Waals surface area contributed by atoms with Gasteiger partial charge in [-0.05, 0) is 17.7 Å². The molecular weight excluding hydrogens is 222 g/mol. The molecule has 1 aromatic heterocycles. The van der Waals surface area contributed by atoms with Crippen LogP contribution in [0, 0.1) is 5.41 Å². The Bertz CT molecular complexity index is 649. The minimum Gasteiger partial charge on any atom is -0.455 e. The van der Waals surface area contributed by atoms with Crippen molar-refractivity contribution in [1.29, 1.82) is 5.41 Å². The van der Waals surface area contributed by atoms with Crippen molar-refractivity contribution < 1.29 is 4.42 Å². The Morgan fingerprint density at radius 1 is 0.944 bits per heavy atom. The van der Waals surface area contributed by atoms with Crippen molar-refractivity contribution in [3.63, 3.8) is 0 Å². The average Bonchev–Trinajstić information content (AvgIpc) is 2.84. The van der Waals surface area contributed by atoms with Crippen LogP contribution in [0.25, 0.3) is 11.0 Å². The van der Waals surface area contributed by atoms with Gasteiger partial charge in [0.25, 0.3) is 0 Å². The highest BCUT2D eigenvalue weighted by molar-refractivity contribution is 6.00. The van der Waals surface area contributed by atoms with Gasteiger partial charge in [0.15, 0.2) is 0 Å². The van der Waals surface area contributed by atoms with Crippen molar-refractivity contribution in [2.24, 2.45) is 0 Å². The van der Waals surface area contributed by atoms with E-state index in [-0.39, 0.29) is 0 Å². The highest BCUT2D eigenvalue weighted by atomic mass is 16.3. The van der Waals surface area contributed by atoms with Gasteiger partial charge in [-0.25, -0.2) is 0 Å². The maximum atomic E-state index is 8.11. The van der Waals surface area contributed by atoms with Crippen LogP contribution in [0.3, 0.4) is 0 Å². The van der Waals surface area contributed by atoms with E-state index in [9.17, 15) is 0 Å². The topological polar surface area (TPSA) is 37.0 Å². The molecule has 88 valence electrons. The summed E-state index contributed by atoms with van der Waals surface area (Å²) in [6, 6.07) is 19.8. The largest absolute Gasteiger partial charge is 0.455 e. The van der Waals surface area contributed by atoms with Gasteiger partial charge in [-0.15, -0.1) is 0 Å². The fraction of sp³-hybridized carbons (Fsp3) is 0.0625. The zero-order chi connectivity index (χ0) is 12.4. The van der Waals surface area contributed by atoms with E-state index in [0.29, 0.717) is 17.9 Å². The summed E-state index contributed by atoms with van der Waals surface area (Å²) in [6.07, 6.45) is 0.598. The summed E-state index contributed by atoms with van der Waals surface area (Å²) in [5.74, 6) is 0.653. The number of furan rings is 1. The summed E-state index contributed by atoms with van der Waals surface area (Å²) in [6.45, 7) is 0. The Labute approximate surface area is 105 Å². The molecule has 0 saturated carbocycles. The van der Waals surface area contributed by atoms with E-state index in [1.807, 2.05) is 60.7 Å². The standard InChI is InChI=1S/C16H13NO/c17-14(10-12-6-2-1-3-7-12)16-11-13-8-4-5-9-15(13)18-16/h1-9,11,17H,10H2. The first-order valence-corrected chi connectivity index (χ1v) is 5.93. The first-order valence-electron chi connectivity index (χ1n) is 5.93. The number of fused-ring (bicyclic) bond motifs is 1. The molecule has 1 heterocycles. The van der Waals surface area contributed by atoms with Gasteiger partial charge in [0, 0.05) is 11.8 Å². The molecule has 2 heteroatoms. The average molecular weight is 235 g/mol. The molecule has 0 aliphatic heterocycles. The van der Waals surface area contributed by atoms with Crippen LogP contribution in [-0.4, -0.2) is 5.71 Å². The Balaban J connectivity index is 1.88. The molecule has 0 fully saturated rings. The van der Waals surface area contributed by atoms with Gasteiger partial charge >= 0.3 is 0 Å². The van der Waals surface area contributed by atoms with Crippen molar-refractivity contribution in [2.75, 3.05) is 0 Å². The molecule has 0 radical (unpaired) electrons. The highest BCUT2D eigenvalue weighted by Gasteiger charge is 2.08. The number of hydrogen-bond donors (Lipinski definition) is 1. The quantitative estimate of drug-likeness (QED) is 0.683. The minimum absolute atomic E-state index is 0.511. The predicted octanol–water partition coefficient (Wildman–Crippen LogP) is 4.04. The van der Waals surface area contributed by atoms with Crippen LogP contribution in [0.15, 0.2) is 65.1 Å². The molecule has 0 aliphatic carbocycles. The number of para-hydroxylation sites is 1. The maximum absolute atomic E-state index is 8.11. The fourth-order valence-electron chi connectivity index (χ4n) is 2.02. The van der Waals surface area contributed by atoms with Gasteiger partial charge in [-0.3, -0.25) is 0 Å². The van der Waals surface area contributed by atoms with Crippen LogP contribution in [0.4, 0.5) is 0 Å². The SMILES string of the molecule is N=C(Cc1ccccc1)c1cc2ccccc2o1. The number of hydrogen-bond acceptors (Lipinski definition) is 2. The maximum Gasteiger partial charge on any atom is 0.149 e. The Kier molecular flexibility index (Phi) is 2.69. The van der Waals surface area contributed by atoms with Crippen LogP contribution >= 0.6 is 0 Å². The molecule has 0 amide bonds. The van der Waals surface area contributed by atoms with E-state index < -0.39 is 0 Å². The van der Waals surface area contributed by atoms with Crippen molar-refractivity contribution in [3.05, 3.63) is 72.0 Å². The minimum atomic E-state index is 0.511. The predicted molar refractivity (Wildman–Crippen MR) is 73.2 cm³/mol. The molecule has 2 nitrogen and oxygen atoms in total. The Morgan fingerprint density at radius 2 is 1.67 bits per heavy atom.